The molecule has 0 radical (unpaired) electrons. The average Bonchev–Trinajstić information content (AvgIpc) is 2.62. The van der Waals surface area contributed by atoms with Crippen molar-refractivity contribution in [3.05, 3.63) is 42.6 Å². The van der Waals surface area contributed by atoms with Crippen molar-refractivity contribution < 1.29 is 14.2 Å². The number of fused-ring (bicyclic) bond motifs is 1. The molecule has 0 unspecified atom stereocenters. The minimum atomic E-state index is 0.624. The summed E-state index contributed by atoms with van der Waals surface area (Å²) in [5.41, 5.74) is 8.36. The molecule has 130 valence electrons. The third-order valence-corrected chi connectivity index (χ3v) is 3.92. The van der Waals surface area contributed by atoms with Gasteiger partial charge in [-0.3, -0.25) is 4.98 Å². The van der Waals surface area contributed by atoms with Crippen LogP contribution in [0, 0.1) is 0 Å². The van der Waals surface area contributed by atoms with Gasteiger partial charge in [-0.05, 0) is 24.3 Å². The highest BCUT2D eigenvalue weighted by molar-refractivity contribution is 5.88. The summed E-state index contributed by atoms with van der Waals surface area (Å²) >= 11 is 0. The van der Waals surface area contributed by atoms with Crippen LogP contribution in [0.15, 0.2) is 42.6 Å². The van der Waals surface area contributed by atoms with Crippen molar-refractivity contribution in [2.45, 2.75) is 0 Å². The van der Waals surface area contributed by atoms with Gasteiger partial charge in [0.2, 0.25) is 0 Å². The van der Waals surface area contributed by atoms with Gasteiger partial charge >= 0.3 is 0 Å². The smallest absolute Gasteiger partial charge is 0.162 e. The van der Waals surface area contributed by atoms with Crippen molar-refractivity contribution in [2.24, 2.45) is 0 Å². The number of nitrogens with two attached hydrogens (primary N) is 1. The van der Waals surface area contributed by atoms with Crippen molar-refractivity contribution >= 4 is 22.3 Å². The fraction of sp³-hybridized carbons (Fsp3) is 0.211. The van der Waals surface area contributed by atoms with Crippen LogP contribution in [-0.2, 0) is 0 Å². The Kier molecular flexibility index (Phi) is 4.52. The summed E-state index contributed by atoms with van der Waals surface area (Å²) < 4.78 is 16.8. The summed E-state index contributed by atoms with van der Waals surface area (Å²) in [7, 11) is 7.08. The number of nitrogen functional groups attached to an aromatic ring is 1. The topological polar surface area (TPSA) is 69.8 Å². The number of aromatic nitrogens is 1. The van der Waals surface area contributed by atoms with Crippen LogP contribution in [-0.4, -0.2) is 33.3 Å². The lowest BCUT2D eigenvalue weighted by Gasteiger charge is -2.17. The zero-order chi connectivity index (χ0) is 18.0. The second-order valence-corrected chi connectivity index (χ2v) is 5.75. The summed E-state index contributed by atoms with van der Waals surface area (Å²) in [6.45, 7) is 0. The fourth-order valence-electron chi connectivity index (χ4n) is 2.64. The Morgan fingerprint density at radius 3 is 2.32 bits per heavy atom. The minimum absolute atomic E-state index is 0.624. The molecule has 25 heavy (non-hydrogen) atoms. The van der Waals surface area contributed by atoms with Crippen LogP contribution < -0.4 is 24.8 Å². The molecule has 0 bridgehead atoms. The Morgan fingerprint density at radius 1 is 0.920 bits per heavy atom. The number of rotatable bonds is 5. The van der Waals surface area contributed by atoms with Gasteiger partial charge in [0.05, 0.1) is 31.1 Å². The SMILES string of the molecule is COc1cc2nccc(Oc3ccc(N)c(N(C)C)c3)c2cc1OC. The van der Waals surface area contributed by atoms with Crippen LogP contribution in [0.25, 0.3) is 10.9 Å². The molecule has 0 aliphatic heterocycles. The zero-order valence-corrected chi connectivity index (χ0v) is 14.7. The summed E-state index contributed by atoms with van der Waals surface area (Å²) in [4.78, 5) is 6.33. The molecule has 0 saturated heterocycles. The maximum Gasteiger partial charge on any atom is 0.162 e. The number of anilines is 2. The fourth-order valence-corrected chi connectivity index (χ4v) is 2.64. The molecule has 0 spiro atoms. The Bertz CT molecular complexity index is 910. The zero-order valence-electron chi connectivity index (χ0n) is 14.7. The maximum absolute atomic E-state index is 6.09. The van der Waals surface area contributed by atoms with Gasteiger partial charge in [-0.1, -0.05) is 0 Å². The predicted molar refractivity (Wildman–Crippen MR) is 100 cm³/mol. The molecule has 0 aliphatic rings. The molecule has 3 aromatic rings. The van der Waals surface area contributed by atoms with E-state index >= 15 is 0 Å². The number of methoxy groups -OCH3 is 2. The van der Waals surface area contributed by atoms with Crippen LogP contribution in [0.1, 0.15) is 0 Å². The Hall–Kier alpha value is -3.15. The molecule has 0 aliphatic carbocycles. The first-order valence-electron chi connectivity index (χ1n) is 7.79. The van der Waals surface area contributed by atoms with E-state index in [1.165, 1.54) is 0 Å². The van der Waals surface area contributed by atoms with E-state index in [0.717, 1.165) is 16.6 Å². The number of nitrogens with zero attached hydrogens (tertiary/aromatic N) is 2. The standard InChI is InChI=1S/C19H21N3O3/c1-22(2)16-9-12(5-6-14(16)20)25-17-7-8-21-15-11-19(24-4)18(23-3)10-13(15)17/h5-11H,20H2,1-4H3. The number of hydrogen-bond acceptors (Lipinski definition) is 6. The van der Waals surface area contributed by atoms with Crippen molar-refractivity contribution in [1.29, 1.82) is 0 Å². The van der Waals surface area contributed by atoms with E-state index in [-0.39, 0.29) is 0 Å². The largest absolute Gasteiger partial charge is 0.493 e. The van der Waals surface area contributed by atoms with E-state index in [1.54, 1.807) is 20.4 Å². The predicted octanol–water partition coefficient (Wildman–Crippen LogP) is 3.69. The third kappa shape index (κ3) is 3.24. The Balaban J connectivity index is 2.06. The minimum Gasteiger partial charge on any atom is -0.493 e. The molecule has 0 fully saturated rings. The van der Waals surface area contributed by atoms with Gasteiger partial charge in [-0.2, -0.15) is 0 Å². The molecular weight excluding hydrogens is 318 g/mol. The van der Waals surface area contributed by atoms with Crippen LogP contribution in [0.3, 0.4) is 0 Å². The van der Waals surface area contributed by atoms with Gasteiger partial charge in [-0.25, -0.2) is 0 Å². The van der Waals surface area contributed by atoms with Crippen LogP contribution in [0.5, 0.6) is 23.0 Å². The molecule has 6 nitrogen and oxygen atoms in total. The van der Waals surface area contributed by atoms with E-state index in [2.05, 4.69) is 4.98 Å². The van der Waals surface area contributed by atoms with Crippen molar-refractivity contribution in [2.75, 3.05) is 38.9 Å². The number of hydrogen-bond donors (Lipinski definition) is 1. The maximum atomic E-state index is 6.09. The van der Waals surface area contributed by atoms with Crippen LogP contribution in [0.4, 0.5) is 11.4 Å². The highest BCUT2D eigenvalue weighted by atomic mass is 16.5. The van der Waals surface area contributed by atoms with Crippen molar-refractivity contribution in [3.8, 4) is 23.0 Å². The number of benzene rings is 2. The second kappa shape index (κ2) is 6.76. The first-order valence-corrected chi connectivity index (χ1v) is 7.79. The van der Waals surface area contributed by atoms with Gasteiger partial charge < -0.3 is 24.8 Å². The lowest BCUT2D eigenvalue weighted by Crippen LogP contribution is -2.11. The first-order chi connectivity index (χ1) is 12.0. The molecule has 0 atom stereocenters. The van der Waals surface area contributed by atoms with Gasteiger partial charge in [0.25, 0.3) is 0 Å². The molecule has 3 rings (SSSR count). The molecule has 1 aromatic heterocycles. The number of ether oxygens (including phenoxy) is 3. The Labute approximate surface area is 146 Å². The van der Waals surface area contributed by atoms with Crippen molar-refractivity contribution in [3.63, 3.8) is 0 Å². The first kappa shape index (κ1) is 16.7. The molecule has 1 heterocycles. The molecule has 6 heteroatoms. The molecule has 0 amide bonds. The molecular formula is C19H21N3O3. The molecule has 0 saturated carbocycles. The van der Waals surface area contributed by atoms with Crippen LogP contribution >= 0.6 is 0 Å². The van der Waals surface area contributed by atoms with E-state index in [4.69, 9.17) is 19.9 Å². The van der Waals surface area contributed by atoms with E-state index < -0.39 is 0 Å². The van der Waals surface area contributed by atoms with E-state index in [9.17, 15) is 0 Å². The normalized spacial score (nSPS) is 10.6. The average molecular weight is 339 g/mol. The van der Waals surface area contributed by atoms with E-state index in [0.29, 0.717) is 28.7 Å². The van der Waals surface area contributed by atoms with E-state index in [1.807, 2.05) is 55.4 Å². The molecule has 2 aromatic carbocycles. The highest BCUT2D eigenvalue weighted by Crippen LogP contribution is 2.37. The summed E-state index contributed by atoms with van der Waals surface area (Å²) in [6.07, 6.45) is 1.70. The summed E-state index contributed by atoms with van der Waals surface area (Å²) in [5.74, 6) is 2.63. The highest BCUT2D eigenvalue weighted by Gasteiger charge is 2.12. The van der Waals surface area contributed by atoms with Gasteiger partial charge in [0, 0.05) is 37.8 Å². The molecule has 2 N–H and O–H groups in total. The Morgan fingerprint density at radius 2 is 1.64 bits per heavy atom. The summed E-state index contributed by atoms with van der Waals surface area (Å²) in [5, 5.41) is 0.836. The lowest BCUT2D eigenvalue weighted by atomic mass is 10.1. The van der Waals surface area contributed by atoms with Gasteiger partial charge in [0.1, 0.15) is 11.5 Å². The van der Waals surface area contributed by atoms with Gasteiger partial charge in [-0.15, -0.1) is 0 Å². The number of pyridine rings is 1. The quantitative estimate of drug-likeness (QED) is 0.715. The van der Waals surface area contributed by atoms with Crippen molar-refractivity contribution in [1.82, 2.24) is 4.98 Å². The monoisotopic (exact) mass is 339 g/mol. The van der Waals surface area contributed by atoms with Crippen LogP contribution in [0.2, 0.25) is 0 Å². The van der Waals surface area contributed by atoms with Gasteiger partial charge in [0.15, 0.2) is 11.5 Å². The third-order valence-electron chi connectivity index (χ3n) is 3.92. The summed E-state index contributed by atoms with van der Waals surface area (Å²) in [6, 6.07) is 11.1. The second-order valence-electron chi connectivity index (χ2n) is 5.75. The lowest BCUT2D eigenvalue weighted by molar-refractivity contribution is 0.355.